The molecule has 0 amide bonds. The fourth-order valence-electron chi connectivity index (χ4n) is 5.11. The molecule has 2 aliphatic carbocycles. The SMILES string of the molecule is CC12CCC(CC1=C(c1ccc(O)cc1)c1ccc(O)cc1)C2(C)C. The molecule has 2 heteroatoms. The van der Waals surface area contributed by atoms with Gasteiger partial charge >= 0.3 is 0 Å². The number of phenols is 2. The Kier molecular flexibility index (Phi) is 3.50. The van der Waals surface area contributed by atoms with Crippen LogP contribution in [-0.4, -0.2) is 10.2 Å². The van der Waals surface area contributed by atoms with Crippen molar-refractivity contribution in [2.75, 3.05) is 0 Å². The van der Waals surface area contributed by atoms with Crippen LogP contribution in [0.1, 0.15) is 51.2 Å². The van der Waals surface area contributed by atoms with Gasteiger partial charge in [0.2, 0.25) is 0 Å². The van der Waals surface area contributed by atoms with Gasteiger partial charge in [-0.3, -0.25) is 0 Å². The summed E-state index contributed by atoms with van der Waals surface area (Å²) in [6, 6.07) is 15.1. The third-order valence-electron chi connectivity index (χ3n) is 7.17. The van der Waals surface area contributed by atoms with Crippen LogP contribution >= 0.6 is 0 Å². The average Bonchev–Trinajstić information content (AvgIpc) is 2.92. The van der Waals surface area contributed by atoms with Crippen LogP contribution in [0.4, 0.5) is 0 Å². The first-order valence-electron chi connectivity index (χ1n) is 9.15. The van der Waals surface area contributed by atoms with Gasteiger partial charge < -0.3 is 10.2 Å². The maximum Gasteiger partial charge on any atom is 0.115 e. The van der Waals surface area contributed by atoms with E-state index in [-0.39, 0.29) is 5.41 Å². The summed E-state index contributed by atoms with van der Waals surface area (Å²) in [5, 5.41) is 19.4. The first-order valence-corrected chi connectivity index (χ1v) is 9.15. The molecule has 2 atom stereocenters. The molecule has 130 valence electrons. The van der Waals surface area contributed by atoms with E-state index in [0.717, 1.165) is 23.5 Å². The average molecular weight is 334 g/mol. The third kappa shape index (κ3) is 2.31. The molecule has 0 aliphatic heterocycles. The highest BCUT2D eigenvalue weighted by atomic mass is 16.3. The van der Waals surface area contributed by atoms with E-state index in [1.165, 1.54) is 24.0 Å². The largest absolute Gasteiger partial charge is 0.508 e. The molecule has 2 N–H and O–H groups in total. The normalized spacial score (nSPS) is 26.8. The van der Waals surface area contributed by atoms with Crippen LogP contribution in [0, 0.1) is 16.7 Å². The number of aromatic hydroxyl groups is 2. The van der Waals surface area contributed by atoms with E-state index < -0.39 is 0 Å². The lowest BCUT2D eigenvalue weighted by Gasteiger charge is -2.37. The molecule has 0 spiro atoms. The molecule has 2 aromatic carbocycles. The summed E-state index contributed by atoms with van der Waals surface area (Å²) in [4.78, 5) is 0. The summed E-state index contributed by atoms with van der Waals surface area (Å²) >= 11 is 0. The predicted molar refractivity (Wildman–Crippen MR) is 101 cm³/mol. The maximum atomic E-state index is 9.70. The van der Waals surface area contributed by atoms with Crippen LogP contribution in [-0.2, 0) is 0 Å². The minimum absolute atomic E-state index is 0.197. The van der Waals surface area contributed by atoms with Gasteiger partial charge in [-0.1, -0.05) is 50.6 Å². The van der Waals surface area contributed by atoms with Crippen molar-refractivity contribution in [3.63, 3.8) is 0 Å². The summed E-state index contributed by atoms with van der Waals surface area (Å²) in [6.07, 6.45) is 3.69. The fraction of sp³-hybridized carbons (Fsp3) is 0.391. The second-order valence-electron chi connectivity index (χ2n) is 8.44. The number of rotatable bonds is 2. The molecule has 2 saturated carbocycles. The van der Waals surface area contributed by atoms with Gasteiger partial charge in [-0.15, -0.1) is 0 Å². The van der Waals surface area contributed by atoms with Gasteiger partial charge in [0.15, 0.2) is 0 Å². The molecule has 0 saturated heterocycles. The second kappa shape index (κ2) is 5.39. The molecule has 0 radical (unpaired) electrons. The zero-order chi connectivity index (χ0) is 17.8. The van der Waals surface area contributed by atoms with E-state index >= 15 is 0 Å². The Morgan fingerprint density at radius 1 is 0.840 bits per heavy atom. The van der Waals surface area contributed by atoms with E-state index in [1.807, 2.05) is 24.3 Å². The molecule has 2 unspecified atom stereocenters. The molecular weight excluding hydrogens is 308 g/mol. The van der Waals surface area contributed by atoms with Gasteiger partial charge in [-0.25, -0.2) is 0 Å². The number of hydrogen-bond donors (Lipinski definition) is 2. The van der Waals surface area contributed by atoms with Crippen molar-refractivity contribution < 1.29 is 10.2 Å². The summed E-state index contributed by atoms with van der Waals surface area (Å²) in [5.74, 6) is 1.31. The lowest BCUT2D eigenvalue weighted by Crippen LogP contribution is -2.28. The molecule has 0 heterocycles. The highest BCUT2D eigenvalue weighted by molar-refractivity contribution is 5.84. The van der Waals surface area contributed by atoms with Crippen molar-refractivity contribution in [3.8, 4) is 11.5 Å². The minimum Gasteiger partial charge on any atom is -0.508 e. The monoisotopic (exact) mass is 334 g/mol. The van der Waals surface area contributed by atoms with Crippen molar-refractivity contribution in [1.82, 2.24) is 0 Å². The smallest absolute Gasteiger partial charge is 0.115 e. The van der Waals surface area contributed by atoms with Crippen LogP contribution in [0.25, 0.3) is 5.57 Å². The lowest BCUT2D eigenvalue weighted by molar-refractivity contribution is 0.179. The first kappa shape index (κ1) is 16.3. The van der Waals surface area contributed by atoms with Gasteiger partial charge in [0, 0.05) is 0 Å². The number of phenolic OH excluding ortho intramolecular Hbond substituents is 2. The summed E-state index contributed by atoms with van der Waals surface area (Å²) in [7, 11) is 0. The zero-order valence-electron chi connectivity index (χ0n) is 15.2. The first-order chi connectivity index (χ1) is 11.8. The maximum absolute atomic E-state index is 9.70. The van der Waals surface area contributed by atoms with Crippen LogP contribution in [0.2, 0.25) is 0 Å². The molecular formula is C23H26O2. The van der Waals surface area contributed by atoms with Crippen molar-refractivity contribution in [1.29, 1.82) is 0 Å². The van der Waals surface area contributed by atoms with Crippen molar-refractivity contribution in [2.24, 2.45) is 16.7 Å². The van der Waals surface area contributed by atoms with E-state index in [1.54, 1.807) is 24.3 Å². The highest BCUT2D eigenvalue weighted by Crippen LogP contribution is 2.69. The number of hydrogen-bond acceptors (Lipinski definition) is 2. The highest BCUT2D eigenvalue weighted by Gasteiger charge is 2.59. The van der Waals surface area contributed by atoms with E-state index in [4.69, 9.17) is 0 Å². The Balaban J connectivity index is 1.96. The molecule has 2 fully saturated rings. The Bertz CT molecular complexity index is 780. The number of fused-ring (bicyclic) bond motifs is 2. The Morgan fingerprint density at radius 3 is 1.68 bits per heavy atom. The van der Waals surface area contributed by atoms with Crippen LogP contribution in [0.5, 0.6) is 11.5 Å². The molecule has 25 heavy (non-hydrogen) atoms. The third-order valence-corrected chi connectivity index (χ3v) is 7.17. The van der Waals surface area contributed by atoms with Crippen LogP contribution in [0.3, 0.4) is 0 Å². The van der Waals surface area contributed by atoms with Crippen LogP contribution < -0.4 is 0 Å². The zero-order valence-corrected chi connectivity index (χ0v) is 15.2. The summed E-state index contributed by atoms with van der Waals surface area (Å²) in [5.41, 5.74) is 5.60. The Hall–Kier alpha value is -2.22. The topological polar surface area (TPSA) is 40.5 Å². The minimum atomic E-state index is 0.197. The van der Waals surface area contributed by atoms with Gasteiger partial charge in [-0.2, -0.15) is 0 Å². The van der Waals surface area contributed by atoms with Gasteiger partial charge in [0.25, 0.3) is 0 Å². The molecule has 2 aliphatic rings. The lowest BCUT2D eigenvalue weighted by atomic mass is 9.67. The Labute approximate surface area is 149 Å². The summed E-state index contributed by atoms with van der Waals surface area (Å²) in [6.45, 7) is 7.27. The van der Waals surface area contributed by atoms with Crippen molar-refractivity contribution in [2.45, 2.75) is 40.0 Å². The standard InChI is InChI=1S/C23H26O2/c1-22(2)17-12-13-23(22,3)20(14-17)21(15-4-8-18(24)9-5-15)16-6-10-19(25)11-7-16/h4-11,17,24-25H,12-14H2,1-3H3. The van der Waals surface area contributed by atoms with Gasteiger partial charge in [-0.05, 0) is 77.0 Å². The Morgan fingerprint density at radius 2 is 1.32 bits per heavy atom. The van der Waals surface area contributed by atoms with Crippen molar-refractivity contribution >= 4 is 5.57 Å². The van der Waals surface area contributed by atoms with Gasteiger partial charge in [0.05, 0.1) is 0 Å². The molecule has 0 aromatic heterocycles. The quantitative estimate of drug-likeness (QED) is 0.734. The van der Waals surface area contributed by atoms with E-state index in [0.29, 0.717) is 16.9 Å². The van der Waals surface area contributed by atoms with E-state index in [2.05, 4.69) is 20.8 Å². The fourth-order valence-corrected chi connectivity index (χ4v) is 5.11. The van der Waals surface area contributed by atoms with E-state index in [9.17, 15) is 10.2 Å². The predicted octanol–water partition coefficient (Wildman–Crippen LogP) is 5.75. The number of benzene rings is 2. The van der Waals surface area contributed by atoms with Crippen molar-refractivity contribution in [3.05, 3.63) is 65.2 Å². The molecule has 2 nitrogen and oxygen atoms in total. The molecule has 2 bridgehead atoms. The van der Waals surface area contributed by atoms with Crippen LogP contribution in [0.15, 0.2) is 54.1 Å². The number of allylic oxidation sites excluding steroid dienone is 1. The van der Waals surface area contributed by atoms with Gasteiger partial charge in [0.1, 0.15) is 11.5 Å². The molecule has 2 aromatic rings. The molecule has 4 rings (SSSR count). The summed E-state index contributed by atoms with van der Waals surface area (Å²) < 4.78 is 0. The second-order valence-corrected chi connectivity index (χ2v) is 8.44.